The Balaban J connectivity index is 0.000000301. The molecule has 22 heavy (non-hydrogen) atoms. The normalized spacial score (nSPS) is 8.91. The molecule has 0 atom stereocenters. The van der Waals surface area contributed by atoms with Gasteiger partial charge in [0.1, 0.15) is 0 Å². The minimum absolute atomic E-state index is 0.322. The molecular formula is C12H14N6O4. The first kappa shape index (κ1) is 18.4. The maximum atomic E-state index is 9.55. The summed E-state index contributed by atoms with van der Waals surface area (Å²) in [6.45, 7) is 0. The zero-order valence-corrected chi connectivity index (χ0v) is 11.3. The van der Waals surface area contributed by atoms with Crippen molar-refractivity contribution in [3.8, 4) is 0 Å². The molecule has 0 aliphatic heterocycles. The van der Waals surface area contributed by atoms with Gasteiger partial charge in [-0.3, -0.25) is 0 Å². The second-order valence-corrected chi connectivity index (χ2v) is 3.22. The smallest absolute Gasteiger partial charge is 0.328 e. The van der Waals surface area contributed by atoms with Crippen LogP contribution < -0.4 is 11.5 Å². The van der Waals surface area contributed by atoms with Crippen LogP contribution in [0.15, 0.2) is 49.1 Å². The van der Waals surface area contributed by atoms with Crippen LogP contribution in [0.25, 0.3) is 0 Å². The molecule has 0 saturated heterocycles. The van der Waals surface area contributed by atoms with Crippen LogP contribution in [-0.2, 0) is 9.59 Å². The van der Waals surface area contributed by atoms with Crippen LogP contribution in [-0.4, -0.2) is 42.1 Å². The standard InChI is InChI=1S/2C4H5N3.C4H4O4/c2*5-4-6-2-1-3-7-4;5-3(6)1-2-4(7)8/h2*1-3H,(H2,5,6,7);1-2H,(H,5,6)(H,7,8)/b;;2-1-. The Hall–Kier alpha value is -3.56. The summed E-state index contributed by atoms with van der Waals surface area (Å²) in [5, 5.41) is 15.6. The lowest BCUT2D eigenvalue weighted by Gasteiger charge is -1.82. The van der Waals surface area contributed by atoms with Crippen LogP contribution in [0.2, 0.25) is 0 Å². The van der Waals surface area contributed by atoms with Crippen molar-refractivity contribution in [3.05, 3.63) is 49.1 Å². The first-order valence-corrected chi connectivity index (χ1v) is 5.60. The first-order chi connectivity index (χ1) is 10.4. The van der Waals surface area contributed by atoms with Crippen molar-refractivity contribution in [3.63, 3.8) is 0 Å². The molecule has 0 unspecified atom stereocenters. The van der Waals surface area contributed by atoms with E-state index in [2.05, 4.69) is 19.9 Å². The van der Waals surface area contributed by atoms with Crippen molar-refractivity contribution in [1.82, 2.24) is 19.9 Å². The number of carboxylic acids is 2. The third-order valence-corrected chi connectivity index (χ3v) is 1.54. The van der Waals surface area contributed by atoms with Crippen LogP contribution in [0.4, 0.5) is 11.9 Å². The van der Waals surface area contributed by atoms with Crippen molar-refractivity contribution in [1.29, 1.82) is 0 Å². The first-order valence-electron chi connectivity index (χ1n) is 5.60. The Morgan fingerprint density at radius 2 is 1.05 bits per heavy atom. The molecule has 0 amide bonds. The number of nitrogens with two attached hydrogens (primary N) is 2. The van der Waals surface area contributed by atoms with Gasteiger partial charge in [0, 0.05) is 36.9 Å². The largest absolute Gasteiger partial charge is 0.478 e. The van der Waals surface area contributed by atoms with E-state index in [4.69, 9.17) is 21.7 Å². The highest BCUT2D eigenvalue weighted by atomic mass is 16.4. The number of hydrogen-bond donors (Lipinski definition) is 4. The van der Waals surface area contributed by atoms with E-state index in [-0.39, 0.29) is 0 Å². The van der Waals surface area contributed by atoms with E-state index >= 15 is 0 Å². The van der Waals surface area contributed by atoms with Crippen molar-refractivity contribution in [2.75, 3.05) is 11.5 Å². The molecule has 0 saturated carbocycles. The number of aliphatic carboxylic acids is 2. The van der Waals surface area contributed by atoms with E-state index in [1.54, 1.807) is 36.9 Å². The molecule has 2 aromatic heterocycles. The molecule has 0 aromatic carbocycles. The van der Waals surface area contributed by atoms with Gasteiger partial charge in [-0.2, -0.15) is 0 Å². The highest BCUT2D eigenvalue weighted by Gasteiger charge is 1.88. The van der Waals surface area contributed by atoms with Crippen LogP contribution in [0.3, 0.4) is 0 Å². The number of rotatable bonds is 2. The van der Waals surface area contributed by atoms with Crippen LogP contribution in [0.5, 0.6) is 0 Å². The van der Waals surface area contributed by atoms with E-state index < -0.39 is 11.9 Å². The van der Waals surface area contributed by atoms with Gasteiger partial charge in [0.15, 0.2) is 0 Å². The summed E-state index contributed by atoms with van der Waals surface area (Å²) in [6.07, 6.45) is 7.51. The quantitative estimate of drug-likeness (QED) is 0.544. The molecule has 116 valence electrons. The fourth-order valence-corrected chi connectivity index (χ4v) is 0.764. The van der Waals surface area contributed by atoms with Gasteiger partial charge in [-0.15, -0.1) is 0 Å². The Labute approximate surface area is 125 Å². The highest BCUT2D eigenvalue weighted by Crippen LogP contribution is 1.82. The summed E-state index contributed by atoms with van der Waals surface area (Å²) >= 11 is 0. The van der Waals surface area contributed by atoms with Gasteiger partial charge >= 0.3 is 11.9 Å². The average molecular weight is 306 g/mol. The number of nitrogens with zero attached hydrogens (tertiary/aromatic N) is 4. The highest BCUT2D eigenvalue weighted by molar-refractivity contribution is 5.89. The zero-order chi connectivity index (χ0) is 16.8. The molecule has 10 heteroatoms. The summed E-state index contributed by atoms with van der Waals surface area (Å²) in [7, 11) is 0. The number of anilines is 2. The van der Waals surface area contributed by atoms with E-state index in [9.17, 15) is 9.59 Å². The number of carboxylic acid groups (broad SMARTS) is 2. The zero-order valence-electron chi connectivity index (χ0n) is 11.3. The lowest BCUT2D eigenvalue weighted by atomic mass is 10.5. The summed E-state index contributed by atoms with van der Waals surface area (Å²) < 4.78 is 0. The van der Waals surface area contributed by atoms with Gasteiger partial charge in [-0.1, -0.05) is 0 Å². The van der Waals surface area contributed by atoms with Gasteiger partial charge in [0.05, 0.1) is 0 Å². The molecule has 10 nitrogen and oxygen atoms in total. The number of hydrogen-bond acceptors (Lipinski definition) is 8. The van der Waals surface area contributed by atoms with Crippen molar-refractivity contribution in [2.24, 2.45) is 0 Å². The third kappa shape index (κ3) is 12.9. The monoisotopic (exact) mass is 306 g/mol. The molecule has 0 aliphatic rings. The van der Waals surface area contributed by atoms with E-state index in [0.29, 0.717) is 24.0 Å². The number of aromatic nitrogens is 4. The average Bonchev–Trinajstić information content (AvgIpc) is 2.48. The van der Waals surface area contributed by atoms with Gasteiger partial charge in [0.2, 0.25) is 11.9 Å². The van der Waals surface area contributed by atoms with E-state index in [1.165, 1.54) is 0 Å². The molecular weight excluding hydrogens is 292 g/mol. The summed E-state index contributed by atoms with van der Waals surface area (Å²) in [4.78, 5) is 33.7. The van der Waals surface area contributed by atoms with Crippen LogP contribution >= 0.6 is 0 Å². The third-order valence-electron chi connectivity index (χ3n) is 1.54. The molecule has 0 bridgehead atoms. The molecule has 0 spiro atoms. The predicted molar refractivity (Wildman–Crippen MR) is 77.3 cm³/mol. The Bertz CT molecular complexity index is 538. The predicted octanol–water partition coefficient (Wildman–Crippen LogP) is -0.171. The minimum Gasteiger partial charge on any atom is -0.478 e. The second-order valence-electron chi connectivity index (χ2n) is 3.22. The van der Waals surface area contributed by atoms with Gasteiger partial charge < -0.3 is 21.7 Å². The Kier molecular flexibility index (Phi) is 9.46. The summed E-state index contributed by atoms with van der Waals surface area (Å²) in [5.74, 6) is -1.87. The topological polar surface area (TPSA) is 178 Å². The molecule has 0 radical (unpaired) electrons. The maximum absolute atomic E-state index is 9.55. The van der Waals surface area contributed by atoms with Crippen molar-refractivity contribution < 1.29 is 19.8 Å². The SMILES string of the molecule is Nc1ncccn1.Nc1ncccn1.O=C(O)/C=C\C(=O)O. The molecule has 0 fully saturated rings. The fourth-order valence-electron chi connectivity index (χ4n) is 0.764. The van der Waals surface area contributed by atoms with Gasteiger partial charge in [-0.25, -0.2) is 29.5 Å². The molecule has 0 aliphatic carbocycles. The summed E-state index contributed by atoms with van der Waals surface area (Å²) in [5.41, 5.74) is 10.3. The van der Waals surface area contributed by atoms with Crippen LogP contribution in [0.1, 0.15) is 0 Å². The number of carbonyl (C=O) groups is 2. The van der Waals surface area contributed by atoms with Gasteiger partial charge in [0.25, 0.3) is 0 Å². The molecule has 2 heterocycles. The number of nitrogen functional groups attached to an aromatic ring is 2. The lowest BCUT2D eigenvalue weighted by molar-refractivity contribution is -0.134. The van der Waals surface area contributed by atoms with E-state index in [1.807, 2.05) is 0 Å². The minimum atomic E-state index is -1.26. The summed E-state index contributed by atoms with van der Waals surface area (Å²) in [6, 6.07) is 3.44. The lowest BCUT2D eigenvalue weighted by Crippen LogP contribution is -1.91. The van der Waals surface area contributed by atoms with Crippen molar-refractivity contribution in [2.45, 2.75) is 0 Å². The molecule has 2 rings (SSSR count). The maximum Gasteiger partial charge on any atom is 0.328 e. The van der Waals surface area contributed by atoms with Crippen LogP contribution in [0, 0.1) is 0 Å². The Morgan fingerprint density at radius 3 is 1.18 bits per heavy atom. The second kappa shape index (κ2) is 11.3. The van der Waals surface area contributed by atoms with Crippen molar-refractivity contribution >= 4 is 23.8 Å². The fraction of sp³-hybridized carbons (Fsp3) is 0. The molecule has 6 N–H and O–H groups in total. The Morgan fingerprint density at radius 1 is 0.773 bits per heavy atom. The molecule has 2 aromatic rings. The van der Waals surface area contributed by atoms with Gasteiger partial charge in [-0.05, 0) is 12.1 Å². The van der Waals surface area contributed by atoms with E-state index in [0.717, 1.165) is 0 Å².